The maximum absolute atomic E-state index is 5.73. The number of benzene rings is 1. The Bertz CT molecular complexity index is 352. The maximum Gasteiger partial charge on any atom is 0.0474 e. The maximum atomic E-state index is 5.73. The van der Waals surface area contributed by atoms with Crippen LogP contribution in [0.2, 0.25) is 0 Å². The lowest BCUT2D eigenvalue weighted by Gasteiger charge is -1.98. The predicted octanol–water partition coefficient (Wildman–Crippen LogP) is 3.08. The van der Waals surface area contributed by atoms with Crippen LogP contribution >= 0.6 is 0 Å². The molecule has 0 aliphatic rings. The Labute approximate surface area is 78.8 Å². The summed E-state index contributed by atoms with van der Waals surface area (Å²) in [6.45, 7) is 6.02. The zero-order valence-electron chi connectivity index (χ0n) is 8.39. The van der Waals surface area contributed by atoms with Gasteiger partial charge in [-0.15, -0.1) is 0 Å². The minimum absolute atomic E-state index is 0.847. The number of fused-ring (bicyclic) bond motifs is 1. The van der Waals surface area contributed by atoms with Crippen LogP contribution < -0.4 is 5.73 Å². The molecule has 1 aromatic carbocycles. The largest absolute Gasteiger partial charge is 0.398 e. The summed E-state index contributed by atoms with van der Waals surface area (Å²) in [6.07, 6.45) is 1.92. The lowest BCUT2D eigenvalue weighted by Crippen LogP contribution is -1.87. The molecule has 2 heteroatoms. The van der Waals surface area contributed by atoms with E-state index in [1.165, 1.54) is 5.39 Å². The number of hydrogen-bond acceptors (Lipinski definition) is 1. The van der Waals surface area contributed by atoms with Gasteiger partial charge in [-0.05, 0) is 36.1 Å². The number of H-pyrrole nitrogens is 1. The van der Waals surface area contributed by atoms with Crippen molar-refractivity contribution in [1.29, 1.82) is 0 Å². The van der Waals surface area contributed by atoms with Gasteiger partial charge in [0, 0.05) is 17.4 Å². The van der Waals surface area contributed by atoms with E-state index in [0.717, 1.165) is 16.8 Å². The number of nitrogens with two attached hydrogens (primary N) is 1. The second-order valence-corrected chi connectivity index (χ2v) is 2.77. The molecule has 0 fully saturated rings. The first-order valence-corrected chi connectivity index (χ1v) is 4.60. The molecular weight excluding hydrogens is 160 g/mol. The average Bonchev–Trinajstić information content (AvgIpc) is 2.56. The summed E-state index contributed by atoms with van der Waals surface area (Å²) in [4.78, 5) is 3.11. The molecule has 13 heavy (non-hydrogen) atoms. The molecule has 0 spiro atoms. The van der Waals surface area contributed by atoms with Crippen molar-refractivity contribution in [3.63, 3.8) is 0 Å². The third-order valence-electron chi connectivity index (χ3n) is 1.94. The second kappa shape index (κ2) is 3.99. The van der Waals surface area contributed by atoms with Gasteiger partial charge < -0.3 is 10.7 Å². The van der Waals surface area contributed by atoms with E-state index in [-0.39, 0.29) is 0 Å². The Balaban J connectivity index is 0.000000396. The highest BCUT2D eigenvalue weighted by Gasteiger charge is 1.97. The van der Waals surface area contributed by atoms with E-state index in [4.69, 9.17) is 5.73 Å². The van der Waals surface area contributed by atoms with Crippen molar-refractivity contribution in [2.24, 2.45) is 0 Å². The molecule has 0 saturated carbocycles. The minimum atomic E-state index is 0.847. The number of anilines is 1. The van der Waals surface area contributed by atoms with Gasteiger partial charge in [0.05, 0.1) is 0 Å². The number of nitrogens with one attached hydrogen (secondary N) is 1. The molecule has 0 bridgehead atoms. The van der Waals surface area contributed by atoms with Crippen LogP contribution in [0, 0.1) is 6.92 Å². The van der Waals surface area contributed by atoms with Crippen LogP contribution in [-0.4, -0.2) is 4.98 Å². The van der Waals surface area contributed by atoms with Crippen molar-refractivity contribution >= 4 is 16.6 Å². The molecule has 3 N–H and O–H groups in total. The molecule has 1 heterocycles. The van der Waals surface area contributed by atoms with E-state index in [9.17, 15) is 0 Å². The van der Waals surface area contributed by atoms with Gasteiger partial charge in [0.1, 0.15) is 0 Å². The van der Waals surface area contributed by atoms with Crippen molar-refractivity contribution < 1.29 is 0 Å². The topological polar surface area (TPSA) is 41.8 Å². The van der Waals surface area contributed by atoms with Gasteiger partial charge in [-0.2, -0.15) is 0 Å². The van der Waals surface area contributed by atoms with Crippen LogP contribution in [0.15, 0.2) is 24.4 Å². The number of aromatic amines is 1. The van der Waals surface area contributed by atoms with E-state index < -0.39 is 0 Å². The van der Waals surface area contributed by atoms with Crippen LogP contribution in [-0.2, 0) is 0 Å². The first-order chi connectivity index (χ1) is 6.27. The standard InChI is InChI=1S/C9H10N2.C2H6/c1-6-4-7-2-3-11-9(7)5-8(6)10;1-2/h2-5,11H,10H2,1H3;1-2H3. The van der Waals surface area contributed by atoms with E-state index in [1.54, 1.807) is 0 Å². The van der Waals surface area contributed by atoms with E-state index in [1.807, 2.05) is 39.1 Å². The SMILES string of the molecule is CC.Cc1cc2cc[nH]c2cc1N. The molecule has 0 aliphatic carbocycles. The van der Waals surface area contributed by atoms with Crippen LogP contribution in [0.1, 0.15) is 19.4 Å². The fourth-order valence-electron chi connectivity index (χ4n) is 1.23. The number of rotatable bonds is 0. The quantitative estimate of drug-likeness (QED) is 0.595. The minimum Gasteiger partial charge on any atom is -0.398 e. The van der Waals surface area contributed by atoms with Crippen LogP contribution in [0.5, 0.6) is 0 Å². The first-order valence-electron chi connectivity index (χ1n) is 4.60. The molecule has 2 rings (SSSR count). The zero-order valence-corrected chi connectivity index (χ0v) is 8.39. The summed E-state index contributed by atoms with van der Waals surface area (Å²) in [6, 6.07) is 6.09. The molecule has 0 atom stereocenters. The molecule has 2 nitrogen and oxygen atoms in total. The van der Waals surface area contributed by atoms with Gasteiger partial charge in [-0.1, -0.05) is 13.8 Å². The summed E-state index contributed by atoms with van der Waals surface area (Å²) in [5.74, 6) is 0. The summed E-state index contributed by atoms with van der Waals surface area (Å²) in [5, 5.41) is 1.22. The average molecular weight is 176 g/mol. The van der Waals surface area contributed by atoms with Gasteiger partial charge in [0.15, 0.2) is 0 Å². The zero-order chi connectivity index (χ0) is 9.84. The Morgan fingerprint density at radius 1 is 1.23 bits per heavy atom. The summed E-state index contributed by atoms with van der Waals surface area (Å²) in [7, 11) is 0. The Morgan fingerprint density at radius 3 is 2.62 bits per heavy atom. The Kier molecular flexibility index (Phi) is 2.96. The highest BCUT2D eigenvalue weighted by atomic mass is 14.7. The number of aryl methyl sites for hydroxylation is 1. The smallest absolute Gasteiger partial charge is 0.0474 e. The second-order valence-electron chi connectivity index (χ2n) is 2.77. The third-order valence-corrected chi connectivity index (χ3v) is 1.94. The Hall–Kier alpha value is -1.44. The molecule has 2 aromatic rings. The fraction of sp³-hybridized carbons (Fsp3) is 0.273. The number of hydrogen-bond donors (Lipinski definition) is 2. The highest BCUT2D eigenvalue weighted by Crippen LogP contribution is 2.19. The lowest BCUT2D eigenvalue weighted by molar-refractivity contribution is 1.46. The van der Waals surface area contributed by atoms with E-state index in [2.05, 4.69) is 11.1 Å². The molecular formula is C11H16N2. The molecule has 1 aromatic heterocycles. The van der Waals surface area contributed by atoms with Crippen LogP contribution in [0.4, 0.5) is 5.69 Å². The van der Waals surface area contributed by atoms with Crippen LogP contribution in [0.25, 0.3) is 10.9 Å². The van der Waals surface area contributed by atoms with Crippen molar-refractivity contribution in [2.45, 2.75) is 20.8 Å². The van der Waals surface area contributed by atoms with Crippen molar-refractivity contribution in [3.8, 4) is 0 Å². The summed E-state index contributed by atoms with van der Waals surface area (Å²) >= 11 is 0. The summed E-state index contributed by atoms with van der Waals surface area (Å²) in [5.41, 5.74) is 8.81. The van der Waals surface area contributed by atoms with Gasteiger partial charge >= 0.3 is 0 Å². The van der Waals surface area contributed by atoms with Crippen molar-refractivity contribution in [2.75, 3.05) is 5.73 Å². The fourth-order valence-corrected chi connectivity index (χ4v) is 1.23. The van der Waals surface area contributed by atoms with Gasteiger partial charge in [-0.25, -0.2) is 0 Å². The number of aromatic nitrogens is 1. The normalized spacial score (nSPS) is 9.46. The molecule has 0 aliphatic heterocycles. The Morgan fingerprint density at radius 2 is 1.92 bits per heavy atom. The lowest BCUT2D eigenvalue weighted by atomic mass is 10.1. The molecule has 0 saturated heterocycles. The first kappa shape index (κ1) is 9.65. The molecule has 0 unspecified atom stereocenters. The van der Waals surface area contributed by atoms with E-state index >= 15 is 0 Å². The van der Waals surface area contributed by atoms with Crippen molar-refractivity contribution in [3.05, 3.63) is 30.0 Å². The summed E-state index contributed by atoms with van der Waals surface area (Å²) < 4.78 is 0. The molecule has 0 amide bonds. The predicted molar refractivity (Wildman–Crippen MR) is 58.8 cm³/mol. The van der Waals surface area contributed by atoms with Gasteiger partial charge in [-0.3, -0.25) is 0 Å². The molecule has 70 valence electrons. The monoisotopic (exact) mass is 176 g/mol. The molecule has 0 radical (unpaired) electrons. The van der Waals surface area contributed by atoms with Gasteiger partial charge in [0.2, 0.25) is 0 Å². The number of nitrogen functional groups attached to an aromatic ring is 1. The van der Waals surface area contributed by atoms with Gasteiger partial charge in [0.25, 0.3) is 0 Å². The third kappa shape index (κ3) is 1.83. The van der Waals surface area contributed by atoms with Crippen LogP contribution in [0.3, 0.4) is 0 Å². The van der Waals surface area contributed by atoms with Crippen molar-refractivity contribution in [1.82, 2.24) is 4.98 Å². The highest BCUT2D eigenvalue weighted by molar-refractivity contribution is 5.83. The van der Waals surface area contributed by atoms with E-state index in [0.29, 0.717) is 0 Å².